The van der Waals surface area contributed by atoms with Crippen molar-refractivity contribution in [3.63, 3.8) is 0 Å². The third-order valence-corrected chi connectivity index (χ3v) is 9.68. The molecule has 8 heteroatoms. The molecule has 2 aliphatic heterocycles. The Balaban J connectivity index is 1.44. The van der Waals surface area contributed by atoms with Gasteiger partial charge in [-0.05, 0) is 52.9 Å². The first-order valence-electron chi connectivity index (χ1n) is 13.2. The lowest BCUT2D eigenvalue weighted by Crippen LogP contribution is -2.37. The summed E-state index contributed by atoms with van der Waals surface area (Å²) in [6, 6.07) is 22.3. The maximum Gasteiger partial charge on any atom is 0.243 e. The van der Waals surface area contributed by atoms with Crippen LogP contribution in [0.15, 0.2) is 77.7 Å². The molecule has 0 fully saturated rings. The Hall–Kier alpha value is -4.03. The molecule has 0 saturated carbocycles. The highest BCUT2D eigenvalue weighted by Gasteiger charge is 2.34. The van der Waals surface area contributed by atoms with E-state index in [4.69, 9.17) is 21.0 Å². The van der Waals surface area contributed by atoms with E-state index in [1.54, 1.807) is 19.2 Å². The molecule has 3 aromatic carbocycles. The van der Waals surface area contributed by atoms with Crippen molar-refractivity contribution in [2.75, 3.05) is 13.7 Å². The van der Waals surface area contributed by atoms with Crippen molar-refractivity contribution in [1.82, 2.24) is 9.29 Å². The summed E-state index contributed by atoms with van der Waals surface area (Å²) in [7, 11) is -2.08. The van der Waals surface area contributed by atoms with Crippen LogP contribution in [-0.4, -0.2) is 31.4 Å². The van der Waals surface area contributed by atoms with Crippen LogP contribution in [0.2, 0.25) is 0 Å². The number of benzene rings is 3. The van der Waals surface area contributed by atoms with Crippen LogP contribution in [0.1, 0.15) is 39.6 Å². The Kier molecular flexibility index (Phi) is 6.88. The molecular formula is C32H29N3O4S. The lowest BCUT2D eigenvalue weighted by molar-refractivity contribution is 0.0265. The van der Waals surface area contributed by atoms with Crippen molar-refractivity contribution in [2.24, 2.45) is 0 Å². The van der Waals surface area contributed by atoms with Crippen LogP contribution in [0, 0.1) is 13.5 Å². The molecule has 40 heavy (non-hydrogen) atoms. The van der Waals surface area contributed by atoms with Gasteiger partial charge in [-0.15, -0.1) is 0 Å². The maximum atomic E-state index is 13.6. The molecule has 0 aliphatic carbocycles. The monoisotopic (exact) mass is 551 g/mol. The van der Waals surface area contributed by atoms with Gasteiger partial charge in [0, 0.05) is 37.2 Å². The quantitative estimate of drug-likeness (QED) is 0.277. The molecule has 0 bridgehead atoms. The summed E-state index contributed by atoms with van der Waals surface area (Å²) >= 11 is 0. The van der Waals surface area contributed by atoms with Gasteiger partial charge in [0.2, 0.25) is 10.0 Å². The SMILES string of the molecule is [C-]#[N+]c1ccc(S(=O)(=O)N2CCc3nc(-c4ccc(OC)cc4C)c4c(c3C2)CO[C@@H](c2ccccc2)C4)cc1. The molecule has 0 radical (unpaired) electrons. The van der Waals surface area contributed by atoms with Gasteiger partial charge < -0.3 is 9.47 Å². The zero-order valence-corrected chi connectivity index (χ0v) is 23.2. The molecule has 0 unspecified atom stereocenters. The van der Waals surface area contributed by atoms with E-state index < -0.39 is 10.0 Å². The van der Waals surface area contributed by atoms with Crippen LogP contribution in [-0.2, 0) is 40.8 Å². The molecule has 0 amide bonds. The second-order valence-electron chi connectivity index (χ2n) is 10.1. The average molecular weight is 552 g/mol. The van der Waals surface area contributed by atoms with E-state index in [0.29, 0.717) is 31.7 Å². The highest BCUT2D eigenvalue weighted by Crippen LogP contribution is 2.41. The predicted octanol–water partition coefficient (Wildman–Crippen LogP) is 6.18. The summed E-state index contributed by atoms with van der Waals surface area (Å²) in [5, 5.41) is 0. The van der Waals surface area contributed by atoms with Crippen molar-refractivity contribution < 1.29 is 17.9 Å². The molecular weight excluding hydrogens is 522 g/mol. The number of hydrogen-bond acceptors (Lipinski definition) is 5. The van der Waals surface area contributed by atoms with E-state index in [2.05, 4.69) is 30.0 Å². The molecule has 4 aromatic rings. The van der Waals surface area contributed by atoms with Gasteiger partial charge in [0.1, 0.15) is 5.75 Å². The van der Waals surface area contributed by atoms with Crippen LogP contribution in [0.4, 0.5) is 5.69 Å². The number of sulfonamides is 1. The van der Waals surface area contributed by atoms with E-state index >= 15 is 0 Å². The Morgan fingerprint density at radius 1 is 1.02 bits per heavy atom. The number of aryl methyl sites for hydroxylation is 1. The van der Waals surface area contributed by atoms with Gasteiger partial charge in [0.25, 0.3) is 0 Å². The summed E-state index contributed by atoms with van der Waals surface area (Å²) in [5.74, 6) is 0.795. The second kappa shape index (κ2) is 10.5. The summed E-state index contributed by atoms with van der Waals surface area (Å²) in [5.41, 5.74) is 8.55. The van der Waals surface area contributed by atoms with Crippen LogP contribution in [0.3, 0.4) is 0 Å². The molecule has 1 atom stereocenters. The number of hydrogen-bond donors (Lipinski definition) is 0. The number of aromatic nitrogens is 1. The third-order valence-electron chi connectivity index (χ3n) is 7.82. The van der Waals surface area contributed by atoms with Crippen molar-refractivity contribution in [2.45, 2.75) is 43.9 Å². The molecule has 0 N–H and O–H groups in total. The largest absolute Gasteiger partial charge is 0.497 e. The van der Waals surface area contributed by atoms with Crippen molar-refractivity contribution in [1.29, 1.82) is 0 Å². The highest BCUT2D eigenvalue weighted by atomic mass is 32.2. The van der Waals surface area contributed by atoms with Crippen LogP contribution in [0.5, 0.6) is 5.75 Å². The Bertz CT molecular complexity index is 1730. The standard InChI is InChI=1S/C32H29N3O4S/c1-21-17-24(38-3)11-14-26(21)32-27-18-31(22-7-5-4-6-8-22)39-20-29(27)28-19-35(16-15-30(28)34-32)40(36,37)25-12-9-23(33-2)10-13-25/h4-14,17,31H,15-16,18-20H2,1,3H3/t31-/m1/s1. The van der Waals surface area contributed by atoms with E-state index in [9.17, 15) is 8.42 Å². The minimum atomic E-state index is -3.74. The van der Waals surface area contributed by atoms with Crippen molar-refractivity contribution >= 4 is 15.7 Å². The van der Waals surface area contributed by atoms with Crippen molar-refractivity contribution in [3.8, 4) is 17.0 Å². The van der Waals surface area contributed by atoms with Gasteiger partial charge in [0.15, 0.2) is 5.69 Å². The van der Waals surface area contributed by atoms with Crippen LogP contribution >= 0.6 is 0 Å². The minimum absolute atomic E-state index is 0.116. The highest BCUT2D eigenvalue weighted by molar-refractivity contribution is 7.89. The summed E-state index contributed by atoms with van der Waals surface area (Å²) in [6.45, 7) is 10.2. The molecule has 0 saturated heterocycles. The van der Waals surface area contributed by atoms with Gasteiger partial charge in [-0.1, -0.05) is 54.6 Å². The van der Waals surface area contributed by atoms with Gasteiger partial charge in [-0.3, -0.25) is 4.98 Å². The molecule has 202 valence electrons. The third kappa shape index (κ3) is 4.66. The second-order valence-corrected chi connectivity index (χ2v) is 12.1. The zero-order valence-electron chi connectivity index (χ0n) is 22.4. The first-order chi connectivity index (χ1) is 19.4. The summed E-state index contributed by atoms with van der Waals surface area (Å²) in [6.07, 6.45) is 1.03. The molecule has 1 aromatic heterocycles. The zero-order chi connectivity index (χ0) is 27.9. The number of methoxy groups -OCH3 is 1. The van der Waals surface area contributed by atoms with E-state index in [1.807, 2.05) is 30.3 Å². The Morgan fingerprint density at radius 3 is 2.50 bits per heavy atom. The summed E-state index contributed by atoms with van der Waals surface area (Å²) < 4.78 is 40.5. The normalized spacial score (nSPS) is 17.0. The molecule has 2 aliphatic rings. The van der Waals surface area contributed by atoms with Gasteiger partial charge >= 0.3 is 0 Å². The number of rotatable bonds is 5. The number of pyridine rings is 1. The van der Waals surface area contributed by atoms with E-state index in [-0.39, 0.29) is 17.5 Å². The van der Waals surface area contributed by atoms with Crippen LogP contribution < -0.4 is 4.74 Å². The number of fused-ring (bicyclic) bond motifs is 3. The fourth-order valence-corrected chi connectivity index (χ4v) is 7.06. The fraction of sp³-hybridized carbons (Fsp3) is 0.250. The molecule has 6 rings (SSSR count). The van der Waals surface area contributed by atoms with Crippen LogP contribution in [0.25, 0.3) is 16.1 Å². The lowest BCUT2D eigenvalue weighted by Gasteiger charge is -2.34. The molecule has 7 nitrogen and oxygen atoms in total. The fourth-order valence-electron chi connectivity index (χ4n) is 5.65. The van der Waals surface area contributed by atoms with Gasteiger partial charge in [-0.25, -0.2) is 13.3 Å². The predicted molar refractivity (Wildman–Crippen MR) is 153 cm³/mol. The molecule has 0 spiro atoms. The number of ether oxygens (including phenoxy) is 2. The van der Waals surface area contributed by atoms with E-state index in [1.165, 1.54) is 16.4 Å². The topological polar surface area (TPSA) is 73.1 Å². The first-order valence-corrected chi connectivity index (χ1v) is 14.7. The van der Waals surface area contributed by atoms with Gasteiger partial charge in [-0.2, -0.15) is 4.31 Å². The molecule has 3 heterocycles. The first kappa shape index (κ1) is 26.2. The maximum absolute atomic E-state index is 13.6. The van der Waals surface area contributed by atoms with E-state index in [0.717, 1.165) is 50.5 Å². The van der Waals surface area contributed by atoms with Gasteiger partial charge in [0.05, 0.1) is 37.0 Å². The average Bonchev–Trinajstić information content (AvgIpc) is 3.00. The minimum Gasteiger partial charge on any atom is -0.497 e. The Labute approximate surface area is 234 Å². The smallest absolute Gasteiger partial charge is 0.243 e. The number of nitrogens with zero attached hydrogens (tertiary/aromatic N) is 3. The van der Waals surface area contributed by atoms with Crippen molar-refractivity contribution in [3.05, 3.63) is 118 Å². The summed E-state index contributed by atoms with van der Waals surface area (Å²) in [4.78, 5) is 8.77. The Morgan fingerprint density at radius 2 is 1.80 bits per heavy atom. The lowest BCUT2D eigenvalue weighted by atomic mass is 9.86.